The molecular weight excluding hydrogens is 434 g/mol. The van der Waals surface area contributed by atoms with Crippen molar-refractivity contribution in [3.63, 3.8) is 0 Å². The van der Waals surface area contributed by atoms with Crippen LogP contribution in [0.1, 0.15) is 37.6 Å². The van der Waals surface area contributed by atoms with E-state index in [1.54, 1.807) is 50.9 Å². The van der Waals surface area contributed by atoms with E-state index in [1.807, 2.05) is 29.2 Å². The van der Waals surface area contributed by atoms with Crippen LogP contribution in [-0.4, -0.2) is 53.8 Å². The standard InChI is InChI=1S/C23H26ClN3O5/c1-23(2,3)32-22(31)27(21(29)30)13-7-12-26-18-9-6-5-8-17(18)25(4)20(28)16-11-10-15(24)14-19(16)26/h5-6,8-11,14H,7,12-13H2,1-4H3,(H,29,30). The Bertz CT molecular complexity index is 1050. The number of hydrogen-bond donors (Lipinski definition) is 1. The Kier molecular flexibility index (Phi) is 6.64. The Balaban J connectivity index is 1.90. The van der Waals surface area contributed by atoms with Crippen molar-refractivity contribution >= 4 is 46.8 Å². The van der Waals surface area contributed by atoms with E-state index in [0.717, 1.165) is 5.69 Å². The van der Waals surface area contributed by atoms with E-state index in [9.17, 15) is 19.5 Å². The number of halogens is 1. The first-order valence-electron chi connectivity index (χ1n) is 10.2. The minimum Gasteiger partial charge on any atom is -0.465 e. The molecule has 1 N–H and O–H groups in total. The molecule has 0 spiro atoms. The largest absolute Gasteiger partial charge is 0.465 e. The molecule has 0 unspecified atom stereocenters. The number of benzene rings is 2. The zero-order valence-electron chi connectivity index (χ0n) is 18.5. The second kappa shape index (κ2) is 9.08. The molecule has 0 aromatic heterocycles. The third-order valence-electron chi connectivity index (χ3n) is 4.93. The minimum atomic E-state index is -1.38. The van der Waals surface area contributed by atoms with Gasteiger partial charge in [0.2, 0.25) is 0 Å². The normalized spacial score (nSPS) is 13.2. The Morgan fingerprint density at radius 1 is 1.09 bits per heavy atom. The molecule has 3 amide bonds. The highest BCUT2D eigenvalue weighted by atomic mass is 35.5. The number of amides is 3. The van der Waals surface area contributed by atoms with Crippen LogP contribution < -0.4 is 9.80 Å². The summed E-state index contributed by atoms with van der Waals surface area (Å²) in [6, 6.07) is 12.5. The predicted molar refractivity (Wildman–Crippen MR) is 123 cm³/mol. The molecule has 8 nitrogen and oxygen atoms in total. The average Bonchev–Trinajstić information content (AvgIpc) is 2.78. The smallest absolute Gasteiger partial charge is 0.419 e. The van der Waals surface area contributed by atoms with Gasteiger partial charge < -0.3 is 19.6 Å². The molecule has 0 aliphatic carbocycles. The van der Waals surface area contributed by atoms with E-state index in [4.69, 9.17) is 16.3 Å². The third-order valence-corrected chi connectivity index (χ3v) is 5.16. The zero-order chi connectivity index (χ0) is 23.6. The van der Waals surface area contributed by atoms with Crippen LogP contribution in [0, 0.1) is 0 Å². The molecule has 0 atom stereocenters. The van der Waals surface area contributed by atoms with Gasteiger partial charge in [0.05, 0.1) is 22.6 Å². The first-order valence-corrected chi connectivity index (χ1v) is 10.5. The summed E-state index contributed by atoms with van der Waals surface area (Å²) in [5, 5.41) is 9.96. The highest BCUT2D eigenvalue weighted by Gasteiger charge is 2.30. The van der Waals surface area contributed by atoms with Crippen molar-refractivity contribution in [3.8, 4) is 0 Å². The minimum absolute atomic E-state index is 0.0669. The number of carboxylic acid groups (broad SMARTS) is 1. The highest BCUT2D eigenvalue weighted by Crippen LogP contribution is 2.41. The molecule has 9 heteroatoms. The topological polar surface area (TPSA) is 90.4 Å². The van der Waals surface area contributed by atoms with Crippen LogP contribution >= 0.6 is 11.6 Å². The molecule has 32 heavy (non-hydrogen) atoms. The maximum absolute atomic E-state index is 13.1. The van der Waals surface area contributed by atoms with Gasteiger partial charge in [-0.2, -0.15) is 0 Å². The Hall–Kier alpha value is -3.26. The molecule has 0 saturated carbocycles. The summed E-state index contributed by atoms with van der Waals surface area (Å²) in [7, 11) is 1.71. The van der Waals surface area contributed by atoms with Crippen molar-refractivity contribution in [1.82, 2.24) is 4.90 Å². The van der Waals surface area contributed by atoms with E-state index in [1.165, 1.54) is 0 Å². The van der Waals surface area contributed by atoms with Gasteiger partial charge in [0.1, 0.15) is 5.60 Å². The summed E-state index contributed by atoms with van der Waals surface area (Å²) in [4.78, 5) is 41.2. The van der Waals surface area contributed by atoms with E-state index in [2.05, 4.69) is 0 Å². The highest BCUT2D eigenvalue weighted by molar-refractivity contribution is 6.31. The molecule has 3 rings (SSSR count). The van der Waals surface area contributed by atoms with E-state index < -0.39 is 17.8 Å². The first-order chi connectivity index (χ1) is 15.0. The lowest BCUT2D eigenvalue weighted by Gasteiger charge is -2.28. The predicted octanol–water partition coefficient (Wildman–Crippen LogP) is 5.37. The van der Waals surface area contributed by atoms with Crippen LogP contribution in [0.25, 0.3) is 0 Å². The van der Waals surface area contributed by atoms with Gasteiger partial charge in [-0.15, -0.1) is 0 Å². The molecule has 0 bridgehead atoms. The van der Waals surface area contributed by atoms with Crippen LogP contribution in [0.2, 0.25) is 5.02 Å². The summed E-state index contributed by atoms with van der Waals surface area (Å²) in [5.41, 5.74) is 1.79. The number of carbonyl (C=O) groups excluding carboxylic acids is 2. The van der Waals surface area contributed by atoms with Gasteiger partial charge in [0.25, 0.3) is 5.91 Å². The number of imide groups is 1. The van der Waals surface area contributed by atoms with Crippen molar-refractivity contribution in [1.29, 1.82) is 0 Å². The van der Waals surface area contributed by atoms with Gasteiger partial charge in [-0.1, -0.05) is 23.7 Å². The van der Waals surface area contributed by atoms with Crippen LogP contribution in [-0.2, 0) is 4.74 Å². The van der Waals surface area contributed by atoms with E-state index in [0.29, 0.717) is 39.8 Å². The molecule has 1 heterocycles. The summed E-state index contributed by atoms with van der Waals surface area (Å²) < 4.78 is 5.20. The summed E-state index contributed by atoms with van der Waals surface area (Å²) in [6.07, 6.45) is -1.99. The number of ether oxygens (including phenoxy) is 1. The number of para-hydroxylation sites is 2. The molecule has 1 aliphatic heterocycles. The fourth-order valence-electron chi connectivity index (χ4n) is 3.51. The van der Waals surface area contributed by atoms with E-state index >= 15 is 0 Å². The van der Waals surface area contributed by atoms with Gasteiger partial charge in [0.15, 0.2) is 0 Å². The number of hydrogen-bond acceptors (Lipinski definition) is 5. The quantitative estimate of drug-likeness (QED) is 0.660. The first kappa shape index (κ1) is 23.4. The molecule has 0 saturated heterocycles. The lowest BCUT2D eigenvalue weighted by molar-refractivity contribution is 0.0269. The van der Waals surface area contributed by atoms with Crippen LogP contribution in [0.4, 0.5) is 26.7 Å². The number of carbonyl (C=O) groups is 3. The molecule has 2 aromatic carbocycles. The SMILES string of the molecule is CN1C(=O)c2ccc(Cl)cc2N(CCCN(C(=O)O)C(=O)OC(C)(C)C)c2ccccc21. The van der Waals surface area contributed by atoms with Crippen molar-refractivity contribution in [2.24, 2.45) is 0 Å². The fraction of sp³-hybridized carbons (Fsp3) is 0.348. The molecule has 2 aromatic rings. The number of nitrogens with zero attached hydrogens (tertiary/aromatic N) is 3. The van der Waals surface area contributed by atoms with Crippen molar-refractivity contribution < 1.29 is 24.2 Å². The Morgan fingerprint density at radius 2 is 1.75 bits per heavy atom. The van der Waals surface area contributed by atoms with E-state index in [-0.39, 0.29) is 12.5 Å². The maximum Gasteiger partial charge on any atom is 0.419 e. The number of fused-ring (bicyclic) bond motifs is 2. The molecule has 0 fully saturated rings. The third kappa shape index (κ3) is 4.96. The molecular formula is C23H26ClN3O5. The fourth-order valence-corrected chi connectivity index (χ4v) is 3.68. The lowest BCUT2D eigenvalue weighted by Crippen LogP contribution is -2.41. The van der Waals surface area contributed by atoms with Crippen molar-refractivity contribution in [2.75, 3.05) is 29.9 Å². The second-order valence-corrected chi connectivity index (χ2v) is 8.87. The summed E-state index contributed by atoms with van der Waals surface area (Å²) >= 11 is 6.24. The molecule has 170 valence electrons. The van der Waals surface area contributed by atoms with Gasteiger partial charge >= 0.3 is 12.2 Å². The maximum atomic E-state index is 13.1. The van der Waals surface area contributed by atoms with Crippen LogP contribution in [0.15, 0.2) is 42.5 Å². The van der Waals surface area contributed by atoms with Crippen LogP contribution in [0.3, 0.4) is 0 Å². The average molecular weight is 460 g/mol. The summed E-state index contributed by atoms with van der Waals surface area (Å²) in [5.74, 6) is -0.174. The number of rotatable bonds is 4. The van der Waals surface area contributed by atoms with Gasteiger partial charge in [0, 0.05) is 25.2 Å². The zero-order valence-corrected chi connectivity index (χ0v) is 19.2. The molecule has 1 aliphatic rings. The lowest BCUT2D eigenvalue weighted by atomic mass is 10.1. The molecule has 0 radical (unpaired) electrons. The monoisotopic (exact) mass is 459 g/mol. The van der Waals surface area contributed by atoms with Crippen molar-refractivity contribution in [3.05, 3.63) is 53.1 Å². The Morgan fingerprint density at radius 3 is 2.38 bits per heavy atom. The van der Waals surface area contributed by atoms with Gasteiger partial charge in [-0.25, -0.2) is 14.5 Å². The Labute approximate surface area is 191 Å². The van der Waals surface area contributed by atoms with Crippen LogP contribution in [0.5, 0.6) is 0 Å². The van der Waals surface area contributed by atoms with Gasteiger partial charge in [-0.05, 0) is 57.5 Å². The second-order valence-electron chi connectivity index (χ2n) is 8.43. The summed E-state index contributed by atoms with van der Waals surface area (Å²) in [6.45, 7) is 5.30. The number of anilines is 3. The van der Waals surface area contributed by atoms with Gasteiger partial charge in [-0.3, -0.25) is 4.79 Å². The van der Waals surface area contributed by atoms with Crippen molar-refractivity contribution in [2.45, 2.75) is 32.8 Å².